The lowest BCUT2D eigenvalue weighted by Gasteiger charge is -2.08. The third-order valence-corrected chi connectivity index (χ3v) is 10.2. The average molecular weight is 717 g/mol. The number of aliphatic carboxylic acids is 1. The van der Waals surface area contributed by atoms with Crippen molar-refractivity contribution in [3.8, 4) is 0 Å². The Bertz CT molecular complexity index is 629. The van der Waals surface area contributed by atoms with Crippen LogP contribution in [0.1, 0.15) is 232 Å². The number of carbonyl (C=O) groups is 2. The van der Waals surface area contributed by atoms with Crippen LogP contribution in [0.15, 0.2) is 0 Å². The first kappa shape index (κ1) is 49.8. The number of hydrogen-bond acceptors (Lipinski definition) is 5. The van der Waals surface area contributed by atoms with Gasteiger partial charge in [0, 0.05) is 11.5 Å². The number of unbranched alkanes of at least 4 members (excludes halogenated alkanes) is 30. The van der Waals surface area contributed by atoms with Gasteiger partial charge in [-0.1, -0.05) is 213 Å². The van der Waals surface area contributed by atoms with E-state index < -0.39 is 5.97 Å². The smallest absolute Gasteiger partial charge is 0.307 e. The van der Waals surface area contributed by atoms with Gasteiger partial charge in [-0.25, -0.2) is 0 Å². The standard InChI is InChI=1S/2C21H42O2S/c1-2-3-4-5-6-7-8-9-10-11-12-13-14-15-16-17-19-23-21(22)18-20-24;1-2-3-4-5-6-7-8-9-10-11-12-13-14-15-16-17-18-20(19-24)21(22)23/h24H,2-20H2,1H3;20,24H,2-19H2,1H3,(H,22,23). The molecule has 1 unspecified atom stereocenters. The summed E-state index contributed by atoms with van der Waals surface area (Å²) < 4.78 is 5.11. The number of ether oxygens (including phenoxy) is 1. The monoisotopic (exact) mass is 717 g/mol. The highest BCUT2D eigenvalue weighted by Gasteiger charge is 2.14. The van der Waals surface area contributed by atoms with Crippen LogP contribution < -0.4 is 0 Å². The molecule has 0 saturated carbocycles. The number of esters is 1. The Morgan fingerprint density at radius 2 is 0.771 bits per heavy atom. The van der Waals surface area contributed by atoms with Crippen molar-refractivity contribution in [1.29, 1.82) is 0 Å². The van der Waals surface area contributed by atoms with Gasteiger partial charge in [-0.3, -0.25) is 9.59 Å². The minimum atomic E-state index is -0.689. The number of rotatable bonds is 38. The molecule has 288 valence electrons. The molecule has 0 aromatic rings. The Kier molecular flexibility index (Phi) is 46.3. The van der Waals surface area contributed by atoms with E-state index in [0.717, 1.165) is 19.3 Å². The Hall–Kier alpha value is -0.360. The summed E-state index contributed by atoms with van der Waals surface area (Å²) in [7, 11) is 0. The van der Waals surface area contributed by atoms with Crippen molar-refractivity contribution in [3.63, 3.8) is 0 Å². The van der Waals surface area contributed by atoms with Crippen molar-refractivity contribution in [2.75, 3.05) is 18.1 Å². The summed E-state index contributed by atoms with van der Waals surface area (Å²) in [5, 5.41) is 8.95. The SMILES string of the molecule is CCCCCCCCCCCCCCCCCCC(CS)C(=O)O.CCCCCCCCCCCCCCCCCCOC(=O)CCS. The summed E-state index contributed by atoms with van der Waals surface area (Å²) in [4.78, 5) is 22.0. The Balaban J connectivity index is 0. The summed E-state index contributed by atoms with van der Waals surface area (Å²) in [5.74, 6) is 0.00295. The van der Waals surface area contributed by atoms with Crippen molar-refractivity contribution in [1.82, 2.24) is 0 Å². The van der Waals surface area contributed by atoms with Gasteiger partial charge in [0.25, 0.3) is 0 Å². The van der Waals surface area contributed by atoms with Gasteiger partial charge in [0.1, 0.15) is 0 Å². The van der Waals surface area contributed by atoms with Gasteiger partial charge in [0.2, 0.25) is 0 Å². The molecule has 1 N–H and O–H groups in total. The first-order valence-corrected chi connectivity index (χ1v) is 22.4. The molecule has 4 nitrogen and oxygen atoms in total. The molecule has 0 aliphatic heterocycles. The van der Waals surface area contributed by atoms with Crippen LogP contribution in [0.2, 0.25) is 0 Å². The van der Waals surface area contributed by atoms with Crippen molar-refractivity contribution in [3.05, 3.63) is 0 Å². The molecule has 0 amide bonds. The zero-order valence-corrected chi connectivity index (χ0v) is 34.1. The molecule has 0 bridgehead atoms. The van der Waals surface area contributed by atoms with Gasteiger partial charge in [-0.2, -0.15) is 25.3 Å². The van der Waals surface area contributed by atoms with Gasteiger partial charge >= 0.3 is 11.9 Å². The summed E-state index contributed by atoms with van der Waals surface area (Å²) in [6.45, 7) is 5.15. The molecule has 0 aromatic heterocycles. The predicted molar refractivity (Wildman–Crippen MR) is 218 cm³/mol. The minimum Gasteiger partial charge on any atom is -0.481 e. The maximum absolute atomic E-state index is 11.1. The second kappa shape index (κ2) is 44.7. The zero-order valence-electron chi connectivity index (χ0n) is 32.3. The van der Waals surface area contributed by atoms with E-state index in [2.05, 4.69) is 39.1 Å². The molecule has 0 spiro atoms. The molecular weight excluding hydrogens is 633 g/mol. The quantitative estimate of drug-likeness (QED) is 0.0338. The molecular formula is C42H84O4S2. The van der Waals surface area contributed by atoms with Gasteiger partial charge in [0.15, 0.2) is 0 Å². The lowest BCUT2D eigenvalue weighted by atomic mass is 10.0. The average Bonchev–Trinajstić information content (AvgIpc) is 3.08. The molecule has 6 heteroatoms. The molecule has 0 aromatic carbocycles. The molecule has 0 radical (unpaired) electrons. The summed E-state index contributed by atoms with van der Waals surface area (Å²) in [5.41, 5.74) is 0. The fourth-order valence-electron chi connectivity index (χ4n) is 6.23. The summed E-state index contributed by atoms with van der Waals surface area (Å²) >= 11 is 8.12. The first-order chi connectivity index (χ1) is 23.5. The van der Waals surface area contributed by atoms with Crippen LogP contribution in [0.5, 0.6) is 0 Å². The normalized spacial score (nSPS) is 11.7. The third-order valence-electron chi connectivity index (χ3n) is 9.55. The summed E-state index contributed by atoms with van der Waals surface area (Å²) in [6.07, 6.45) is 44.8. The van der Waals surface area contributed by atoms with E-state index in [1.807, 2.05) is 0 Å². The van der Waals surface area contributed by atoms with Crippen LogP contribution in [0.25, 0.3) is 0 Å². The molecule has 0 saturated heterocycles. The minimum absolute atomic E-state index is 0.106. The fraction of sp³-hybridized carbons (Fsp3) is 0.952. The van der Waals surface area contributed by atoms with Crippen LogP contribution in [0.4, 0.5) is 0 Å². The number of carboxylic acid groups (broad SMARTS) is 1. The number of carboxylic acids is 1. The maximum Gasteiger partial charge on any atom is 0.307 e. The van der Waals surface area contributed by atoms with Crippen LogP contribution in [-0.2, 0) is 14.3 Å². The largest absolute Gasteiger partial charge is 0.481 e. The highest BCUT2D eigenvalue weighted by molar-refractivity contribution is 7.80. The van der Waals surface area contributed by atoms with E-state index in [9.17, 15) is 9.59 Å². The second-order valence-corrected chi connectivity index (χ2v) is 15.1. The fourth-order valence-corrected chi connectivity index (χ4v) is 6.75. The molecule has 0 rings (SSSR count). The van der Waals surface area contributed by atoms with E-state index in [4.69, 9.17) is 9.84 Å². The molecule has 48 heavy (non-hydrogen) atoms. The maximum atomic E-state index is 11.1. The van der Waals surface area contributed by atoms with E-state index in [1.165, 1.54) is 193 Å². The van der Waals surface area contributed by atoms with Crippen molar-refractivity contribution >= 4 is 37.2 Å². The zero-order chi connectivity index (χ0) is 35.6. The van der Waals surface area contributed by atoms with Crippen LogP contribution in [0.3, 0.4) is 0 Å². The molecule has 0 heterocycles. The molecule has 0 fully saturated rings. The molecule has 0 aliphatic rings. The van der Waals surface area contributed by atoms with Crippen molar-refractivity contribution in [2.45, 2.75) is 232 Å². The van der Waals surface area contributed by atoms with Gasteiger partial charge in [0.05, 0.1) is 18.9 Å². The number of hydrogen-bond donors (Lipinski definition) is 3. The number of carbonyl (C=O) groups excluding carboxylic acids is 1. The van der Waals surface area contributed by atoms with Crippen LogP contribution in [-0.4, -0.2) is 35.2 Å². The lowest BCUT2D eigenvalue weighted by Crippen LogP contribution is -2.14. The van der Waals surface area contributed by atoms with E-state index in [1.54, 1.807) is 0 Å². The number of thiol groups is 2. The van der Waals surface area contributed by atoms with Gasteiger partial charge in [-0.05, 0) is 12.8 Å². The second-order valence-electron chi connectivity index (χ2n) is 14.3. The lowest BCUT2D eigenvalue weighted by molar-refractivity contribution is -0.143. The van der Waals surface area contributed by atoms with E-state index in [0.29, 0.717) is 24.5 Å². The van der Waals surface area contributed by atoms with Crippen molar-refractivity contribution < 1.29 is 19.4 Å². The van der Waals surface area contributed by atoms with Gasteiger partial charge < -0.3 is 9.84 Å². The Morgan fingerprint density at radius 3 is 1.04 bits per heavy atom. The van der Waals surface area contributed by atoms with E-state index >= 15 is 0 Å². The Morgan fingerprint density at radius 1 is 0.479 bits per heavy atom. The van der Waals surface area contributed by atoms with E-state index in [-0.39, 0.29) is 11.9 Å². The highest BCUT2D eigenvalue weighted by atomic mass is 32.1. The molecule has 1 atom stereocenters. The van der Waals surface area contributed by atoms with Crippen LogP contribution in [0, 0.1) is 5.92 Å². The first-order valence-electron chi connectivity index (χ1n) is 21.1. The predicted octanol–water partition coefficient (Wildman–Crippen LogP) is 14.4. The van der Waals surface area contributed by atoms with Crippen molar-refractivity contribution in [2.24, 2.45) is 5.92 Å². The topological polar surface area (TPSA) is 63.6 Å². The highest BCUT2D eigenvalue weighted by Crippen LogP contribution is 2.17. The van der Waals surface area contributed by atoms with Gasteiger partial charge in [-0.15, -0.1) is 0 Å². The Labute approximate surface area is 311 Å². The molecule has 0 aliphatic carbocycles. The summed E-state index contributed by atoms with van der Waals surface area (Å²) in [6, 6.07) is 0. The van der Waals surface area contributed by atoms with Crippen LogP contribution >= 0.6 is 25.3 Å². The third kappa shape index (κ3) is 43.7.